The fraction of sp³-hybridized carbons (Fsp3) is 0.462. The number of hydrogen-bond donors (Lipinski definition) is 1. The zero-order valence-electron chi connectivity index (χ0n) is 18.8. The van der Waals surface area contributed by atoms with Crippen LogP contribution in [0, 0.1) is 12.7 Å². The van der Waals surface area contributed by atoms with E-state index in [2.05, 4.69) is 39.2 Å². The molecule has 1 aromatic heterocycles. The van der Waals surface area contributed by atoms with Gasteiger partial charge in [-0.2, -0.15) is 0 Å². The van der Waals surface area contributed by atoms with Crippen LogP contribution in [-0.2, 0) is 12.8 Å². The van der Waals surface area contributed by atoms with Crippen molar-refractivity contribution in [3.63, 3.8) is 0 Å². The van der Waals surface area contributed by atoms with Crippen LogP contribution in [0.5, 0.6) is 0 Å². The van der Waals surface area contributed by atoms with Crippen LogP contribution in [0.1, 0.15) is 55.7 Å². The maximum absolute atomic E-state index is 13.6. The molecular weight excluding hydrogens is 387 g/mol. The van der Waals surface area contributed by atoms with Gasteiger partial charge in [-0.3, -0.25) is 0 Å². The second-order valence-electron chi connectivity index (χ2n) is 8.66. The van der Waals surface area contributed by atoms with Gasteiger partial charge in [0.05, 0.1) is 5.52 Å². The summed E-state index contributed by atoms with van der Waals surface area (Å²) < 4.78 is 13.6. The molecule has 4 rings (SSSR count). The van der Waals surface area contributed by atoms with E-state index >= 15 is 0 Å². The average Bonchev–Trinajstić information content (AvgIpc) is 2.79. The molecule has 164 valence electrons. The molecule has 0 unspecified atom stereocenters. The van der Waals surface area contributed by atoms with E-state index in [4.69, 9.17) is 0 Å². The van der Waals surface area contributed by atoms with Crippen LogP contribution >= 0.6 is 0 Å². The Labute approximate surface area is 184 Å². The summed E-state index contributed by atoms with van der Waals surface area (Å²) in [6.45, 7) is 7.74. The molecule has 1 aliphatic heterocycles. The summed E-state index contributed by atoms with van der Waals surface area (Å²) in [5.41, 5.74) is 5.16. The number of hydrogen-bond acceptors (Lipinski definition) is 4. The van der Waals surface area contributed by atoms with Gasteiger partial charge in [0.15, 0.2) is 0 Å². The molecule has 4 nitrogen and oxygen atoms in total. The van der Waals surface area contributed by atoms with E-state index in [1.165, 1.54) is 68.9 Å². The van der Waals surface area contributed by atoms with Gasteiger partial charge in [0.1, 0.15) is 18.0 Å². The summed E-state index contributed by atoms with van der Waals surface area (Å²) >= 11 is 0. The Morgan fingerprint density at radius 3 is 2.61 bits per heavy atom. The molecule has 1 saturated heterocycles. The van der Waals surface area contributed by atoms with Crippen molar-refractivity contribution in [3.8, 4) is 0 Å². The molecular formula is C26H33FN4. The van der Waals surface area contributed by atoms with Gasteiger partial charge >= 0.3 is 0 Å². The Balaban J connectivity index is 1.51. The van der Waals surface area contributed by atoms with Gasteiger partial charge in [-0.1, -0.05) is 13.3 Å². The van der Waals surface area contributed by atoms with Crippen LogP contribution in [0.2, 0.25) is 0 Å². The monoisotopic (exact) mass is 420 g/mol. The van der Waals surface area contributed by atoms with Crippen LogP contribution in [0.3, 0.4) is 0 Å². The number of halogens is 1. The van der Waals surface area contributed by atoms with E-state index in [-0.39, 0.29) is 5.82 Å². The first kappa shape index (κ1) is 21.7. The van der Waals surface area contributed by atoms with Crippen molar-refractivity contribution in [2.75, 3.05) is 25.0 Å². The molecule has 2 aromatic carbocycles. The summed E-state index contributed by atoms with van der Waals surface area (Å²) in [6.07, 6.45) is 10.2. The number of fused-ring (bicyclic) bond motifs is 1. The Hall–Kier alpha value is -2.53. The second-order valence-corrected chi connectivity index (χ2v) is 8.66. The van der Waals surface area contributed by atoms with Gasteiger partial charge in [0, 0.05) is 11.1 Å². The highest BCUT2D eigenvalue weighted by atomic mass is 19.1. The van der Waals surface area contributed by atoms with Crippen LogP contribution in [0.25, 0.3) is 10.9 Å². The average molecular weight is 421 g/mol. The van der Waals surface area contributed by atoms with E-state index in [0.717, 1.165) is 35.2 Å². The summed E-state index contributed by atoms with van der Waals surface area (Å²) in [5, 5.41) is 4.39. The van der Waals surface area contributed by atoms with Crippen molar-refractivity contribution in [3.05, 3.63) is 59.2 Å². The van der Waals surface area contributed by atoms with Crippen molar-refractivity contribution < 1.29 is 4.39 Å². The maximum Gasteiger partial charge on any atom is 0.141 e. The molecule has 2 heterocycles. The Morgan fingerprint density at radius 2 is 1.84 bits per heavy atom. The minimum absolute atomic E-state index is 0.197. The van der Waals surface area contributed by atoms with Gasteiger partial charge in [-0.15, -0.1) is 0 Å². The van der Waals surface area contributed by atoms with E-state index in [9.17, 15) is 4.39 Å². The summed E-state index contributed by atoms with van der Waals surface area (Å²) in [6, 6.07) is 9.51. The van der Waals surface area contributed by atoms with Crippen molar-refractivity contribution in [1.82, 2.24) is 14.9 Å². The number of likely N-dealkylation sites (tertiary alicyclic amines) is 1. The van der Waals surface area contributed by atoms with Crippen LogP contribution in [-0.4, -0.2) is 34.5 Å². The lowest BCUT2D eigenvalue weighted by Gasteiger charge is -2.26. The first-order chi connectivity index (χ1) is 15.1. The van der Waals surface area contributed by atoms with Crippen molar-refractivity contribution in [1.29, 1.82) is 0 Å². The Morgan fingerprint density at radius 1 is 1.00 bits per heavy atom. The molecule has 0 radical (unpaired) electrons. The molecule has 0 aliphatic carbocycles. The molecule has 0 saturated carbocycles. The molecule has 31 heavy (non-hydrogen) atoms. The lowest BCUT2D eigenvalue weighted by molar-refractivity contribution is 0.225. The van der Waals surface area contributed by atoms with Gasteiger partial charge in [-0.05, 0) is 112 Å². The third-order valence-corrected chi connectivity index (χ3v) is 6.38. The molecule has 0 bridgehead atoms. The number of nitrogens with zero attached hydrogens (tertiary/aromatic N) is 3. The predicted molar refractivity (Wildman–Crippen MR) is 127 cm³/mol. The van der Waals surface area contributed by atoms with Crippen LogP contribution in [0.4, 0.5) is 15.9 Å². The second kappa shape index (κ2) is 10.2. The smallest absolute Gasteiger partial charge is 0.141 e. The first-order valence-electron chi connectivity index (χ1n) is 11.7. The normalized spacial score (nSPS) is 14.8. The number of piperidine rings is 1. The van der Waals surface area contributed by atoms with E-state index in [1.54, 1.807) is 19.3 Å². The van der Waals surface area contributed by atoms with Crippen LogP contribution in [0.15, 0.2) is 36.7 Å². The number of rotatable bonds is 8. The molecule has 1 aliphatic rings. The van der Waals surface area contributed by atoms with Crippen molar-refractivity contribution in [2.45, 2.75) is 58.8 Å². The Bertz CT molecular complexity index is 1030. The van der Waals surface area contributed by atoms with Gasteiger partial charge in [-0.25, -0.2) is 14.4 Å². The lowest BCUT2D eigenvalue weighted by atomic mass is 9.97. The first-order valence-corrected chi connectivity index (χ1v) is 11.7. The highest BCUT2D eigenvalue weighted by Gasteiger charge is 2.12. The largest absolute Gasteiger partial charge is 0.340 e. The maximum atomic E-state index is 13.6. The highest BCUT2D eigenvalue weighted by Crippen LogP contribution is 2.28. The minimum atomic E-state index is -0.197. The number of unbranched alkanes of at least 4 members (excludes halogenated alkanes) is 1. The standard InChI is InChI=1S/C26H33FN4/c1-3-20-17-25-23(16-21(20)9-5-8-14-31-12-6-4-7-13-31)26(29-18-28-25)30-22-10-11-24(27)19(2)15-22/h10-11,15-18H,3-9,12-14H2,1-2H3,(H,28,29,30). The molecule has 0 spiro atoms. The number of nitrogens with one attached hydrogen (secondary N) is 1. The third kappa shape index (κ3) is 5.40. The summed E-state index contributed by atoms with van der Waals surface area (Å²) in [5.74, 6) is 0.575. The molecule has 0 amide bonds. The number of anilines is 2. The fourth-order valence-corrected chi connectivity index (χ4v) is 4.55. The van der Waals surface area contributed by atoms with Gasteiger partial charge < -0.3 is 10.2 Å². The Kier molecular flexibility index (Phi) is 7.13. The minimum Gasteiger partial charge on any atom is -0.340 e. The quantitative estimate of drug-likeness (QED) is 0.441. The molecule has 1 N–H and O–H groups in total. The highest BCUT2D eigenvalue weighted by molar-refractivity contribution is 5.91. The lowest BCUT2D eigenvalue weighted by Crippen LogP contribution is -2.30. The molecule has 3 aromatic rings. The molecule has 1 fully saturated rings. The number of aromatic nitrogens is 2. The van der Waals surface area contributed by atoms with E-state index < -0.39 is 0 Å². The summed E-state index contributed by atoms with van der Waals surface area (Å²) in [4.78, 5) is 11.6. The predicted octanol–water partition coefficient (Wildman–Crippen LogP) is 6.19. The van der Waals surface area contributed by atoms with E-state index in [1.807, 2.05) is 6.07 Å². The molecule has 0 atom stereocenters. The zero-order valence-corrected chi connectivity index (χ0v) is 18.8. The topological polar surface area (TPSA) is 41.1 Å². The third-order valence-electron chi connectivity index (χ3n) is 6.38. The number of benzene rings is 2. The van der Waals surface area contributed by atoms with Gasteiger partial charge in [0.25, 0.3) is 0 Å². The summed E-state index contributed by atoms with van der Waals surface area (Å²) in [7, 11) is 0. The SMILES string of the molecule is CCc1cc2ncnc(Nc3ccc(F)c(C)c3)c2cc1CCCCN1CCCCC1. The van der Waals surface area contributed by atoms with E-state index in [0.29, 0.717) is 5.56 Å². The van der Waals surface area contributed by atoms with Crippen LogP contribution < -0.4 is 5.32 Å². The van der Waals surface area contributed by atoms with Crippen molar-refractivity contribution in [2.24, 2.45) is 0 Å². The zero-order chi connectivity index (χ0) is 21.6. The fourth-order valence-electron chi connectivity index (χ4n) is 4.55. The van der Waals surface area contributed by atoms with Gasteiger partial charge in [0.2, 0.25) is 0 Å². The molecule has 5 heteroatoms. The van der Waals surface area contributed by atoms with Crippen molar-refractivity contribution >= 4 is 22.4 Å². The number of aryl methyl sites for hydroxylation is 3.